The van der Waals surface area contributed by atoms with Crippen molar-refractivity contribution in [3.05, 3.63) is 29.3 Å². The Bertz CT molecular complexity index is 344. The number of hydrogen-bond donors (Lipinski definition) is 0. The van der Waals surface area contributed by atoms with E-state index in [4.69, 9.17) is 16.3 Å². The average Bonchev–Trinajstić information content (AvgIpc) is 2.39. The van der Waals surface area contributed by atoms with Crippen LogP contribution in [0.5, 0.6) is 5.75 Å². The van der Waals surface area contributed by atoms with Crippen molar-refractivity contribution in [1.29, 1.82) is 0 Å². The molecule has 0 atom stereocenters. The molecule has 1 aromatic rings. The lowest BCUT2D eigenvalue weighted by Gasteiger charge is -2.35. The van der Waals surface area contributed by atoms with E-state index < -0.39 is 0 Å². The molecule has 3 heteroatoms. The monoisotopic (exact) mass is 316 g/mol. The van der Waals surface area contributed by atoms with E-state index in [1.165, 1.54) is 32.1 Å². The summed E-state index contributed by atoms with van der Waals surface area (Å²) in [7, 11) is 0. The standard InChI is InChI=1S/C14H18BrClO/c15-10-14(8-2-1-3-9-14)11-17-13-6-4-12(16)5-7-13/h4-7H,1-3,8-11H2. The summed E-state index contributed by atoms with van der Waals surface area (Å²) in [5, 5.41) is 1.79. The summed E-state index contributed by atoms with van der Waals surface area (Å²) in [6, 6.07) is 7.62. The van der Waals surface area contributed by atoms with Crippen molar-refractivity contribution in [3.63, 3.8) is 0 Å². The van der Waals surface area contributed by atoms with Gasteiger partial charge in [-0.2, -0.15) is 0 Å². The second-order valence-electron chi connectivity index (χ2n) is 4.94. The van der Waals surface area contributed by atoms with Crippen LogP contribution in [0.3, 0.4) is 0 Å². The third-order valence-corrected chi connectivity index (χ3v) is 5.00. The van der Waals surface area contributed by atoms with Crippen LogP contribution in [0.2, 0.25) is 5.02 Å². The molecule has 1 nitrogen and oxygen atoms in total. The van der Waals surface area contributed by atoms with Gasteiger partial charge in [0.25, 0.3) is 0 Å². The summed E-state index contributed by atoms with van der Waals surface area (Å²) in [4.78, 5) is 0. The molecule has 1 aliphatic rings. The third kappa shape index (κ3) is 3.62. The van der Waals surface area contributed by atoms with Crippen LogP contribution in [0.25, 0.3) is 0 Å². The minimum atomic E-state index is 0.331. The molecule has 0 amide bonds. The van der Waals surface area contributed by atoms with E-state index in [1.54, 1.807) is 0 Å². The molecule has 1 saturated carbocycles. The van der Waals surface area contributed by atoms with Crippen LogP contribution in [0.4, 0.5) is 0 Å². The van der Waals surface area contributed by atoms with Crippen LogP contribution in [-0.2, 0) is 0 Å². The highest BCUT2D eigenvalue weighted by molar-refractivity contribution is 9.09. The van der Waals surface area contributed by atoms with E-state index in [-0.39, 0.29) is 0 Å². The highest BCUT2D eigenvalue weighted by atomic mass is 79.9. The van der Waals surface area contributed by atoms with Gasteiger partial charge in [-0.15, -0.1) is 0 Å². The molecule has 0 radical (unpaired) electrons. The van der Waals surface area contributed by atoms with Crippen molar-refractivity contribution in [1.82, 2.24) is 0 Å². The van der Waals surface area contributed by atoms with Crippen molar-refractivity contribution in [3.8, 4) is 5.75 Å². The van der Waals surface area contributed by atoms with Crippen LogP contribution in [0.1, 0.15) is 32.1 Å². The molecular weight excluding hydrogens is 300 g/mol. The number of alkyl halides is 1. The van der Waals surface area contributed by atoms with Gasteiger partial charge in [0.15, 0.2) is 0 Å². The molecule has 0 N–H and O–H groups in total. The van der Waals surface area contributed by atoms with Gasteiger partial charge < -0.3 is 4.74 Å². The van der Waals surface area contributed by atoms with E-state index in [1.807, 2.05) is 24.3 Å². The van der Waals surface area contributed by atoms with Crippen molar-refractivity contribution in [2.75, 3.05) is 11.9 Å². The summed E-state index contributed by atoms with van der Waals surface area (Å²) in [6.45, 7) is 0.805. The fourth-order valence-corrected chi connectivity index (χ4v) is 3.23. The second kappa shape index (κ2) is 6.10. The third-order valence-electron chi connectivity index (χ3n) is 3.56. The zero-order chi connectivity index (χ0) is 12.1. The van der Waals surface area contributed by atoms with Crippen molar-refractivity contribution in [2.24, 2.45) is 5.41 Å². The first-order chi connectivity index (χ1) is 8.24. The molecular formula is C14H18BrClO. The predicted octanol–water partition coefficient (Wildman–Crippen LogP) is 5.06. The highest BCUT2D eigenvalue weighted by Crippen LogP contribution is 2.38. The van der Waals surface area contributed by atoms with E-state index in [2.05, 4.69) is 15.9 Å². The second-order valence-corrected chi connectivity index (χ2v) is 5.93. The summed E-state index contributed by atoms with van der Waals surface area (Å²) in [6.07, 6.45) is 6.57. The Kier molecular flexibility index (Phi) is 4.75. The van der Waals surface area contributed by atoms with E-state index in [0.717, 1.165) is 22.7 Å². The maximum atomic E-state index is 5.91. The molecule has 0 saturated heterocycles. The molecule has 17 heavy (non-hydrogen) atoms. The minimum Gasteiger partial charge on any atom is -0.493 e. The number of hydrogen-bond acceptors (Lipinski definition) is 1. The Morgan fingerprint density at radius 3 is 2.35 bits per heavy atom. The molecule has 0 heterocycles. The van der Waals surface area contributed by atoms with E-state index in [0.29, 0.717) is 5.41 Å². The molecule has 1 aromatic carbocycles. The summed E-state index contributed by atoms with van der Waals surface area (Å²) in [5.74, 6) is 0.917. The normalized spacial score (nSPS) is 18.9. The number of halogens is 2. The van der Waals surface area contributed by atoms with Crippen molar-refractivity contribution < 1.29 is 4.74 Å². The summed E-state index contributed by atoms with van der Waals surface area (Å²) in [5.41, 5.74) is 0.331. The smallest absolute Gasteiger partial charge is 0.119 e. The Morgan fingerprint density at radius 1 is 1.12 bits per heavy atom. The van der Waals surface area contributed by atoms with Gasteiger partial charge in [-0.1, -0.05) is 46.8 Å². The first kappa shape index (κ1) is 13.2. The van der Waals surface area contributed by atoms with Crippen LogP contribution in [-0.4, -0.2) is 11.9 Å². The molecule has 2 rings (SSSR count). The predicted molar refractivity (Wildman–Crippen MR) is 76.3 cm³/mol. The number of ether oxygens (including phenoxy) is 1. The lowest BCUT2D eigenvalue weighted by molar-refractivity contribution is 0.122. The Balaban J connectivity index is 1.93. The minimum absolute atomic E-state index is 0.331. The molecule has 1 fully saturated rings. The largest absolute Gasteiger partial charge is 0.493 e. The molecule has 1 aliphatic carbocycles. The molecule has 94 valence electrons. The first-order valence-corrected chi connectivity index (χ1v) is 7.68. The van der Waals surface area contributed by atoms with Gasteiger partial charge in [-0.3, -0.25) is 0 Å². The lowest BCUT2D eigenvalue weighted by atomic mass is 9.76. The fraction of sp³-hybridized carbons (Fsp3) is 0.571. The lowest BCUT2D eigenvalue weighted by Crippen LogP contribution is -2.32. The van der Waals surface area contributed by atoms with Crippen LogP contribution in [0.15, 0.2) is 24.3 Å². The molecule has 0 unspecified atom stereocenters. The summed E-state index contributed by atoms with van der Waals surface area (Å²) >= 11 is 9.50. The molecule has 0 spiro atoms. The zero-order valence-corrected chi connectivity index (χ0v) is 12.3. The Hall–Kier alpha value is -0.210. The quantitative estimate of drug-likeness (QED) is 0.705. The van der Waals surface area contributed by atoms with Gasteiger partial charge >= 0.3 is 0 Å². The SMILES string of the molecule is Clc1ccc(OCC2(CBr)CCCCC2)cc1. The van der Waals surface area contributed by atoms with Gasteiger partial charge in [0.2, 0.25) is 0 Å². The Morgan fingerprint density at radius 2 is 1.76 bits per heavy atom. The highest BCUT2D eigenvalue weighted by Gasteiger charge is 2.31. The van der Waals surface area contributed by atoms with E-state index >= 15 is 0 Å². The number of rotatable bonds is 4. The van der Waals surface area contributed by atoms with Crippen molar-refractivity contribution >= 4 is 27.5 Å². The maximum Gasteiger partial charge on any atom is 0.119 e. The van der Waals surface area contributed by atoms with Crippen LogP contribution < -0.4 is 4.74 Å². The fourth-order valence-electron chi connectivity index (χ4n) is 2.39. The summed E-state index contributed by atoms with van der Waals surface area (Å²) < 4.78 is 5.91. The molecule has 0 aliphatic heterocycles. The topological polar surface area (TPSA) is 9.23 Å². The molecule has 0 aromatic heterocycles. The molecule has 0 bridgehead atoms. The van der Waals surface area contributed by atoms with Crippen LogP contribution in [0, 0.1) is 5.41 Å². The van der Waals surface area contributed by atoms with Gasteiger partial charge in [0.05, 0.1) is 6.61 Å². The van der Waals surface area contributed by atoms with Gasteiger partial charge in [0, 0.05) is 15.8 Å². The Labute approximate surface area is 117 Å². The average molecular weight is 318 g/mol. The number of benzene rings is 1. The first-order valence-electron chi connectivity index (χ1n) is 6.18. The zero-order valence-electron chi connectivity index (χ0n) is 9.92. The maximum absolute atomic E-state index is 5.91. The van der Waals surface area contributed by atoms with Gasteiger partial charge in [-0.25, -0.2) is 0 Å². The van der Waals surface area contributed by atoms with Gasteiger partial charge in [-0.05, 0) is 37.1 Å². The van der Waals surface area contributed by atoms with Crippen molar-refractivity contribution in [2.45, 2.75) is 32.1 Å². The van der Waals surface area contributed by atoms with E-state index in [9.17, 15) is 0 Å². The van der Waals surface area contributed by atoms with Gasteiger partial charge in [0.1, 0.15) is 5.75 Å². The van der Waals surface area contributed by atoms with Crippen LogP contribution >= 0.6 is 27.5 Å².